The Morgan fingerprint density at radius 1 is 1.12 bits per heavy atom. The van der Waals surface area contributed by atoms with Crippen molar-refractivity contribution in [3.8, 4) is 5.69 Å². The Bertz CT molecular complexity index is 1040. The minimum atomic E-state index is -2.97. The maximum absolute atomic E-state index is 11.7. The molecule has 0 saturated carbocycles. The van der Waals surface area contributed by atoms with Crippen LogP contribution in [0.3, 0.4) is 0 Å². The Morgan fingerprint density at radius 2 is 1.88 bits per heavy atom. The van der Waals surface area contributed by atoms with E-state index in [-0.39, 0.29) is 11.5 Å². The molecule has 0 aliphatic carbocycles. The number of benzene rings is 1. The van der Waals surface area contributed by atoms with Gasteiger partial charge >= 0.3 is 0 Å². The van der Waals surface area contributed by atoms with Gasteiger partial charge in [0.2, 0.25) is 0 Å². The minimum absolute atomic E-state index is 0.121. The highest BCUT2D eigenvalue weighted by atomic mass is 35.5. The van der Waals surface area contributed by atoms with Crippen molar-refractivity contribution in [2.45, 2.75) is 0 Å². The zero-order chi connectivity index (χ0) is 17.6. The van der Waals surface area contributed by atoms with Crippen molar-refractivity contribution < 1.29 is 8.42 Å². The molecule has 1 aromatic carbocycles. The number of pyridine rings is 1. The lowest BCUT2D eigenvalue weighted by Gasteiger charge is -2.28. The van der Waals surface area contributed by atoms with Crippen LogP contribution in [-0.2, 0) is 9.84 Å². The standard InChI is InChI=1S/C16H14Cl2N4O2S/c17-12-2-1-11-13(22-4-3-19-10-22)9-14(20-16(11)15(12)18)21-5-7-25(23,24)8-6-21/h1-4,9-10H,5-8H2. The maximum atomic E-state index is 11.7. The zero-order valence-corrected chi connectivity index (χ0v) is 15.4. The number of anilines is 1. The van der Waals surface area contributed by atoms with Gasteiger partial charge in [0.1, 0.15) is 5.82 Å². The number of halogens is 2. The molecule has 0 unspecified atom stereocenters. The highest BCUT2D eigenvalue weighted by molar-refractivity contribution is 7.91. The monoisotopic (exact) mass is 396 g/mol. The molecule has 0 amide bonds. The van der Waals surface area contributed by atoms with Gasteiger partial charge in [-0.05, 0) is 12.1 Å². The Hall–Kier alpha value is -1.83. The van der Waals surface area contributed by atoms with E-state index in [2.05, 4.69) is 9.97 Å². The van der Waals surface area contributed by atoms with E-state index < -0.39 is 9.84 Å². The lowest BCUT2D eigenvalue weighted by molar-refractivity contribution is 0.586. The largest absolute Gasteiger partial charge is 0.354 e. The van der Waals surface area contributed by atoms with Gasteiger partial charge in [0, 0.05) is 36.9 Å². The summed E-state index contributed by atoms with van der Waals surface area (Å²) in [7, 11) is -2.97. The van der Waals surface area contributed by atoms with E-state index in [4.69, 9.17) is 23.2 Å². The van der Waals surface area contributed by atoms with Crippen molar-refractivity contribution in [2.24, 2.45) is 0 Å². The SMILES string of the molecule is O=S1(=O)CCN(c2cc(-n3ccnc3)c3ccc(Cl)c(Cl)c3n2)CC1. The summed E-state index contributed by atoms with van der Waals surface area (Å²) in [6.07, 6.45) is 5.22. The summed E-state index contributed by atoms with van der Waals surface area (Å²) in [5.41, 5.74) is 1.45. The highest BCUT2D eigenvalue weighted by Gasteiger charge is 2.24. The van der Waals surface area contributed by atoms with Crippen LogP contribution in [0.2, 0.25) is 10.0 Å². The number of sulfone groups is 1. The third-order valence-corrected chi connectivity index (χ3v) is 6.69. The maximum Gasteiger partial charge on any atom is 0.153 e. The van der Waals surface area contributed by atoms with Crippen LogP contribution in [0.25, 0.3) is 16.6 Å². The summed E-state index contributed by atoms with van der Waals surface area (Å²) in [4.78, 5) is 10.7. The van der Waals surface area contributed by atoms with Crippen LogP contribution >= 0.6 is 23.2 Å². The third kappa shape index (κ3) is 3.07. The fourth-order valence-corrected chi connectivity index (χ4v) is 4.48. The van der Waals surface area contributed by atoms with E-state index in [0.717, 1.165) is 11.1 Å². The molecule has 3 aromatic rings. The van der Waals surface area contributed by atoms with Gasteiger partial charge in [-0.15, -0.1) is 0 Å². The minimum Gasteiger partial charge on any atom is -0.354 e. The average Bonchev–Trinajstić information content (AvgIpc) is 3.12. The van der Waals surface area contributed by atoms with E-state index in [9.17, 15) is 8.42 Å². The molecule has 4 rings (SSSR count). The fraction of sp³-hybridized carbons (Fsp3) is 0.250. The van der Waals surface area contributed by atoms with Crippen LogP contribution in [-0.4, -0.2) is 47.5 Å². The van der Waals surface area contributed by atoms with Crippen molar-refractivity contribution in [3.63, 3.8) is 0 Å². The normalized spacial score (nSPS) is 17.1. The quantitative estimate of drug-likeness (QED) is 0.665. The van der Waals surface area contributed by atoms with Gasteiger partial charge < -0.3 is 9.47 Å². The van der Waals surface area contributed by atoms with Crippen molar-refractivity contribution in [1.29, 1.82) is 0 Å². The van der Waals surface area contributed by atoms with Crippen molar-refractivity contribution in [1.82, 2.24) is 14.5 Å². The first-order chi connectivity index (χ1) is 11.9. The van der Waals surface area contributed by atoms with Crippen LogP contribution in [0.4, 0.5) is 5.82 Å². The number of fused-ring (bicyclic) bond motifs is 1. The molecule has 1 aliphatic rings. The molecular weight excluding hydrogens is 383 g/mol. The summed E-state index contributed by atoms with van der Waals surface area (Å²) < 4.78 is 25.3. The number of hydrogen-bond donors (Lipinski definition) is 0. The average molecular weight is 397 g/mol. The molecule has 0 radical (unpaired) electrons. The molecule has 1 saturated heterocycles. The lowest BCUT2D eigenvalue weighted by Crippen LogP contribution is -2.40. The van der Waals surface area contributed by atoms with E-state index in [1.54, 1.807) is 18.6 Å². The molecule has 0 atom stereocenters. The molecule has 9 heteroatoms. The summed E-state index contributed by atoms with van der Waals surface area (Å²) in [5.74, 6) is 0.919. The number of hydrogen-bond acceptors (Lipinski definition) is 5. The van der Waals surface area contributed by atoms with Crippen LogP contribution in [0.15, 0.2) is 36.9 Å². The Morgan fingerprint density at radius 3 is 2.56 bits per heavy atom. The van der Waals surface area contributed by atoms with Crippen LogP contribution in [0.5, 0.6) is 0 Å². The number of imidazole rings is 1. The van der Waals surface area contributed by atoms with Crippen molar-refractivity contribution in [3.05, 3.63) is 47.0 Å². The first kappa shape index (κ1) is 16.6. The molecular formula is C16H14Cl2N4O2S. The number of rotatable bonds is 2. The number of aromatic nitrogens is 3. The van der Waals surface area contributed by atoms with Gasteiger partial charge in [0.25, 0.3) is 0 Å². The lowest BCUT2D eigenvalue weighted by atomic mass is 10.1. The van der Waals surface area contributed by atoms with Gasteiger partial charge in [0.05, 0.1) is 39.1 Å². The second-order valence-electron chi connectivity index (χ2n) is 5.87. The molecule has 1 fully saturated rings. The van der Waals surface area contributed by atoms with Crippen molar-refractivity contribution in [2.75, 3.05) is 29.5 Å². The first-order valence-electron chi connectivity index (χ1n) is 7.67. The zero-order valence-electron chi connectivity index (χ0n) is 13.1. The van der Waals surface area contributed by atoms with Gasteiger partial charge in [-0.25, -0.2) is 18.4 Å². The highest BCUT2D eigenvalue weighted by Crippen LogP contribution is 2.34. The van der Waals surface area contributed by atoms with Gasteiger partial charge in [-0.2, -0.15) is 0 Å². The second-order valence-corrected chi connectivity index (χ2v) is 8.95. The third-order valence-electron chi connectivity index (χ3n) is 4.29. The summed E-state index contributed by atoms with van der Waals surface area (Å²) in [6.45, 7) is 0.810. The molecule has 0 spiro atoms. The smallest absolute Gasteiger partial charge is 0.153 e. The molecule has 25 heavy (non-hydrogen) atoms. The summed E-state index contributed by atoms with van der Waals surface area (Å²) in [6, 6.07) is 5.53. The molecule has 3 heterocycles. The topological polar surface area (TPSA) is 68.1 Å². The second kappa shape index (κ2) is 6.16. The molecule has 0 bridgehead atoms. The first-order valence-corrected chi connectivity index (χ1v) is 10.2. The van der Waals surface area contributed by atoms with Crippen molar-refractivity contribution >= 4 is 49.8 Å². The fourth-order valence-electron chi connectivity index (χ4n) is 2.92. The molecule has 130 valence electrons. The summed E-state index contributed by atoms with van der Waals surface area (Å²) in [5, 5.41) is 1.66. The summed E-state index contributed by atoms with van der Waals surface area (Å²) >= 11 is 12.5. The van der Waals surface area contributed by atoms with E-state index in [1.807, 2.05) is 27.8 Å². The van der Waals surface area contributed by atoms with Gasteiger partial charge in [-0.1, -0.05) is 23.2 Å². The molecule has 1 aliphatic heterocycles. The molecule has 2 aromatic heterocycles. The van der Waals surface area contributed by atoms with Crippen LogP contribution < -0.4 is 4.90 Å². The van der Waals surface area contributed by atoms with Crippen LogP contribution in [0.1, 0.15) is 0 Å². The Kier molecular flexibility index (Phi) is 4.10. The predicted octanol–water partition coefficient (Wildman–Crippen LogP) is 2.96. The predicted molar refractivity (Wildman–Crippen MR) is 99.8 cm³/mol. The van der Waals surface area contributed by atoms with Crippen LogP contribution in [0, 0.1) is 0 Å². The van der Waals surface area contributed by atoms with E-state index in [0.29, 0.717) is 34.5 Å². The van der Waals surface area contributed by atoms with E-state index >= 15 is 0 Å². The van der Waals surface area contributed by atoms with E-state index in [1.165, 1.54) is 0 Å². The Labute approximate surface area is 154 Å². The van der Waals surface area contributed by atoms with Gasteiger partial charge in [-0.3, -0.25) is 0 Å². The molecule has 0 N–H and O–H groups in total. The number of nitrogens with zero attached hydrogens (tertiary/aromatic N) is 4. The Balaban J connectivity index is 1.90. The molecule has 6 nitrogen and oxygen atoms in total. The van der Waals surface area contributed by atoms with Gasteiger partial charge in [0.15, 0.2) is 9.84 Å².